The number of carbonyl (C=O) groups excluding carboxylic acids is 6. The van der Waals surface area contributed by atoms with Gasteiger partial charge in [0.1, 0.15) is 36.5 Å². The van der Waals surface area contributed by atoms with Crippen molar-refractivity contribution in [3.63, 3.8) is 0 Å². The molecule has 3 heterocycles. The first-order valence-corrected chi connectivity index (χ1v) is 20.0. The summed E-state index contributed by atoms with van der Waals surface area (Å²) in [7, 11) is 3.68. The van der Waals surface area contributed by atoms with Crippen molar-refractivity contribution in [1.82, 2.24) is 4.90 Å². The number of amides is 3. The first-order valence-electron chi connectivity index (χ1n) is 20.0. The molecule has 3 aliphatic rings. The Kier molecular flexibility index (Phi) is 13.2. The minimum atomic E-state index is -2.17. The zero-order chi connectivity index (χ0) is 44.8. The van der Waals surface area contributed by atoms with Crippen molar-refractivity contribution in [3.05, 3.63) is 131 Å². The van der Waals surface area contributed by atoms with Crippen molar-refractivity contribution >= 4 is 41.5 Å². The highest BCUT2D eigenvalue weighted by atomic mass is 16.6. The van der Waals surface area contributed by atoms with Gasteiger partial charge in [0, 0.05) is 19.1 Å². The van der Waals surface area contributed by atoms with Crippen molar-refractivity contribution < 1.29 is 62.3 Å². The molecular weight excluding hydrogens is 815 g/mol. The van der Waals surface area contributed by atoms with Gasteiger partial charge in [-0.05, 0) is 52.6 Å². The van der Waals surface area contributed by atoms with E-state index in [4.69, 9.17) is 34.2 Å². The van der Waals surface area contributed by atoms with Gasteiger partial charge < -0.3 is 39.3 Å². The summed E-state index contributed by atoms with van der Waals surface area (Å²) in [6.45, 7) is -0.587. The number of hydrogen-bond donors (Lipinski definition) is 2. The summed E-state index contributed by atoms with van der Waals surface area (Å²) in [6.07, 6.45) is -2.35. The van der Waals surface area contributed by atoms with E-state index in [2.05, 4.69) is 11.8 Å². The largest absolute Gasteiger partial charge is 0.491 e. The Morgan fingerprint density at radius 3 is 2.11 bits per heavy atom. The number of primary amides is 1. The van der Waals surface area contributed by atoms with Gasteiger partial charge in [0.2, 0.25) is 11.8 Å². The third-order valence-electron chi connectivity index (χ3n) is 11.5. The molecule has 326 valence electrons. The van der Waals surface area contributed by atoms with Gasteiger partial charge in [0.15, 0.2) is 5.92 Å². The number of morpholine rings is 1. The topological polar surface area (TPSA) is 211 Å². The molecule has 4 aromatic rings. The van der Waals surface area contributed by atoms with E-state index in [9.17, 15) is 29.1 Å². The Morgan fingerprint density at radius 1 is 0.810 bits per heavy atom. The molecule has 63 heavy (non-hydrogen) atoms. The van der Waals surface area contributed by atoms with Crippen LogP contribution < -0.4 is 15.4 Å². The number of hydrogen-bond acceptors (Lipinski definition) is 14. The zero-order valence-corrected chi connectivity index (χ0v) is 34.6. The van der Waals surface area contributed by atoms with E-state index in [1.165, 1.54) is 25.3 Å². The molecule has 3 N–H and O–H groups in total. The lowest BCUT2D eigenvalue weighted by atomic mass is 9.65. The number of methoxy groups -OCH3 is 3. The number of nitrogens with zero attached hydrogens (tertiary/aromatic N) is 2. The average Bonchev–Trinajstić information content (AvgIpc) is 3.76. The van der Waals surface area contributed by atoms with Crippen LogP contribution in [0.3, 0.4) is 0 Å². The SMILES string of the molecule is COCCOC(=O)N1C(=O)[C@@]2(c3cc(C#CCC(C(=O)OC)C(=O)OC)ccc31)[C@H](c1cccc(OCCO)c1)N1[C@H](c3ccccc3)[C@H](c3ccccc3)OC(=O)[C@H]1[C@@H]2C(N)=O. The molecule has 0 saturated carbocycles. The van der Waals surface area contributed by atoms with E-state index in [0.29, 0.717) is 22.4 Å². The van der Waals surface area contributed by atoms with Crippen LogP contribution in [0.25, 0.3) is 0 Å². The van der Waals surface area contributed by atoms with Gasteiger partial charge in [0.25, 0.3) is 0 Å². The minimum Gasteiger partial charge on any atom is -0.491 e. The highest BCUT2D eigenvalue weighted by Crippen LogP contribution is 2.66. The van der Waals surface area contributed by atoms with Crippen LogP contribution in [0.2, 0.25) is 0 Å². The number of imide groups is 1. The number of nitrogens with two attached hydrogens (primary N) is 1. The van der Waals surface area contributed by atoms with Gasteiger partial charge in [-0.3, -0.25) is 28.9 Å². The number of benzene rings is 4. The number of esters is 3. The quantitative estimate of drug-likeness (QED) is 0.0646. The fourth-order valence-electron chi connectivity index (χ4n) is 9.01. The lowest BCUT2D eigenvalue weighted by Gasteiger charge is -2.46. The van der Waals surface area contributed by atoms with Crippen LogP contribution in [0.4, 0.5) is 10.5 Å². The van der Waals surface area contributed by atoms with Crippen molar-refractivity contribution in [3.8, 4) is 17.6 Å². The summed E-state index contributed by atoms with van der Waals surface area (Å²) in [5.74, 6) is -1.47. The van der Waals surface area contributed by atoms with Crippen molar-refractivity contribution in [2.24, 2.45) is 17.6 Å². The van der Waals surface area contributed by atoms with Gasteiger partial charge in [-0.15, -0.1) is 0 Å². The molecular formula is C47H45N3O13. The molecule has 0 unspecified atom stereocenters. The van der Waals surface area contributed by atoms with Crippen molar-refractivity contribution in [2.45, 2.75) is 36.1 Å². The summed E-state index contributed by atoms with van der Waals surface area (Å²) in [5.41, 5.74) is 6.34. The van der Waals surface area contributed by atoms with E-state index in [1.54, 1.807) is 41.3 Å². The maximum absolute atomic E-state index is 15.9. The summed E-state index contributed by atoms with van der Waals surface area (Å²) in [4.78, 5) is 86.9. The molecule has 3 amide bonds. The summed E-state index contributed by atoms with van der Waals surface area (Å²) in [5, 5.41) is 9.66. The zero-order valence-electron chi connectivity index (χ0n) is 34.6. The second-order valence-corrected chi connectivity index (χ2v) is 14.9. The number of fused-ring (bicyclic) bond motifs is 3. The molecule has 0 aromatic heterocycles. The number of ether oxygens (including phenoxy) is 6. The van der Waals surface area contributed by atoms with Gasteiger partial charge in [-0.2, -0.15) is 0 Å². The molecule has 0 bridgehead atoms. The maximum atomic E-state index is 15.9. The van der Waals surface area contributed by atoms with Crippen molar-refractivity contribution in [2.75, 3.05) is 52.7 Å². The first kappa shape index (κ1) is 44.0. The van der Waals surface area contributed by atoms with E-state index in [-0.39, 0.29) is 49.7 Å². The normalized spacial score (nSPS) is 22.4. The standard InChI is InChI=1S/C47H45N3O13/c1-58-24-25-62-46(57)49-35-21-20-28(12-10-19-33(42(53)59-2)43(54)60-3)26-34(35)47(45(49)56)36(41(48)52)38-44(55)63-39(30-15-8-5-9-16-30)37(29-13-6-4-7-14-29)50(38)40(47)31-17-11-18-32(27-31)61-23-22-51/h4-9,11,13-18,20-21,26-27,33,36-40,51H,19,22-25H2,1-3H3,(H2,48,52)/t36-,37-,38-,39+,40+,47-/m1/s1. The molecule has 16 heteroatoms. The number of carbonyl (C=O) groups is 6. The van der Waals surface area contributed by atoms with E-state index < -0.39 is 77.3 Å². The van der Waals surface area contributed by atoms with Crippen LogP contribution in [0, 0.1) is 23.7 Å². The van der Waals surface area contributed by atoms with Gasteiger partial charge >= 0.3 is 24.0 Å². The number of anilines is 1. The van der Waals surface area contributed by atoms with Gasteiger partial charge in [0.05, 0.1) is 51.1 Å². The van der Waals surface area contributed by atoms with E-state index >= 15 is 4.79 Å². The summed E-state index contributed by atoms with van der Waals surface area (Å²) >= 11 is 0. The summed E-state index contributed by atoms with van der Waals surface area (Å²) in [6, 6.07) is 25.8. The lowest BCUT2D eigenvalue weighted by molar-refractivity contribution is -0.178. The predicted molar refractivity (Wildman–Crippen MR) is 222 cm³/mol. The fraction of sp³-hybridized carbons (Fsp3) is 0.319. The summed E-state index contributed by atoms with van der Waals surface area (Å²) < 4.78 is 32.4. The van der Waals surface area contributed by atoms with Crippen LogP contribution in [-0.2, 0) is 53.1 Å². The Bertz CT molecular complexity index is 2440. The average molecular weight is 860 g/mol. The van der Waals surface area contributed by atoms with Crippen LogP contribution in [0.5, 0.6) is 5.75 Å². The van der Waals surface area contributed by atoms with Gasteiger partial charge in [-0.1, -0.05) is 84.6 Å². The Labute approximate surface area is 362 Å². The molecule has 16 nitrogen and oxygen atoms in total. The second-order valence-electron chi connectivity index (χ2n) is 14.9. The highest BCUT2D eigenvalue weighted by Gasteiger charge is 2.75. The Hall–Kier alpha value is -7.06. The smallest absolute Gasteiger partial charge is 0.421 e. The number of aliphatic hydroxyl groups excluding tert-OH is 1. The van der Waals surface area contributed by atoms with Crippen LogP contribution in [0.15, 0.2) is 103 Å². The Morgan fingerprint density at radius 2 is 1.48 bits per heavy atom. The lowest BCUT2D eigenvalue weighted by Crippen LogP contribution is -2.55. The van der Waals surface area contributed by atoms with E-state index in [0.717, 1.165) is 19.1 Å². The van der Waals surface area contributed by atoms with Crippen LogP contribution in [-0.4, -0.2) is 99.6 Å². The van der Waals surface area contributed by atoms with Crippen LogP contribution in [0.1, 0.15) is 52.4 Å². The predicted octanol–water partition coefficient (Wildman–Crippen LogP) is 3.70. The highest BCUT2D eigenvalue weighted by molar-refractivity contribution is 6.23. The van der Waals surface area contributed by atoms with Crippen molar-refractivity contribution in [1.29, 1.82) is 0 Å². The number of aliphatic hydroxyl groups is 1. The Balaban J connectivity index is 1.53. The molecule has 1 spiro atoms. The van der Waals surface area contributed by atoms with E-state index in [1.807, 2.05) is 48.5 Å². The number of cyclic esters (lactones) is 1. The number of rotatable bonds is 13. The monoisotopic (exact) mass is 859 g/mol. The molecule has 6 atom stereocenters. The maximum Gasteiger partial charge on any atom is 0.421 e. The molecule has 4 aromatic carbocycles. The fourth-order valence-corrected chi connectivity index (χ4v) is 9.01. The van der Waals surface area contributed by atoms with Crippen LogP contribution >= 0.6 is 0 Å². The molecule has 2 fully saturated rings. The third kappa shape index (κ3) is 7.98. The third-order valence-corrected chi connectivity index (χ3v) is 11.5. The second kappa shape index (κ2) is 18.9. The molecule has 2 saturated heterocycles. The molecule has 0 aliphatic carbocycles. The molecule has 3 aliphatic heterocycles. The first-order chi connectivity index (χ1) is 30.5. The molecule has 7 rings (SSSR count). The molecule has 0 radical (unpaired) electrons. The minimum absolute atomic E-state index is 0.00688. The van der Waals surface area contributed by atoms with Gasteiger partial charge in [-0.25, -0.2) is 9.69 Å².